The molecule has 0 bridgehead atoms. The standard InChI is InChI=1S/C28H26O3/c1-3-15-27(16-4-1)30-21-25-13-9-7-11-23(25)19-29-20-24-12-8-10-14-26(24)22-31-28-17-5-2-6-18-28/h1-18H,19-22H2. The molecule has 0 atom stereocenters. The summed E-state index contributed by atoms with van der Waals surface area (Å²) in [4.78, 5) is 0. The average Bonchev–Trinajstić information content (AvgIpc) is 2.84. The highest BCUT2D eigenvalue weighted by Crippen LogP contribution is 2.18. The third-order valence-corrected chi connectivity index (χ3v) is 5.03. The van der Waals surface area contributed by atoms with Gasteiger partial charge in [-0.05, 0) is 46.5 Å². The zero-order chi connectivity index (χ0) is 21.1. The number of para-hydroxylation sites is 2. The first-order chi connectivity index (χ1) is 15.4. The minimum Gasteiger partial charge on any atom is -0.489 e. The van der Waals surface area contributed by atoms with Crippen molar-refractivity contribution in [2.24, 2.45) is 0 Å². The highest BCUT2D eigenvalue weighted by Gasteiger charge is 2.06. The van der Waals surface area contributed by atoms with Crippen LogP contribution >= 0.6 is 0 Å². The predicted molar refractivity (Wildman–Crippen MR) is 123 cm³/mol. The summed E-state index contributed by atoms with van der Waals surface area (Å²) in [5.74, 6) is 1.73. The lowest BCUT2D eigenvalue weighted by Gasteiger charge is -2.14. The van der Waals surface area contributed by atoms with Crippen molar-refractivity contribution in [3.05, 3.63) is 131 Å². The van der Waals surface area contributed by atoms with Crippen LogP contribution in [0.4, 0.5) is 0 Å². The molecule has 4 aromatic carbocycles. The molecule has 0 spiro atoms. The Bertz CT molecular complexity index is 975. The van der Waals surface area contributed by atoms with E-state index in [2.05, 4.69) is 24.3 Å². The van der Waals surface area contributed by atoms with Crippen LogP contribution in [0.1, 0.15) is 22.3 Å². The van der Waals surface area contributed by atoms with Gasteiger partial charge in [0.1, 0.15) is 24.7 Å². The molecule has 0 aromatic heterocycles. The number of hydrogen-bond acceptors (Lipinski definition) is 3. The van der Waals surface area contributed by atoms with E-state index in [1.54, 1.807) is 0 Å². The van der Waals surface area contributed by atoms with Crippen molar-refractivity contribution < 1.29 is 14.2 Å². The lowest BCUT2D eigenvalue weighted by molar-refractivity contribution is 0.104. The third kappa shape index (κ3) is 6.21. The molecule has 0 saturated carbocycles. The minimum absolute atomic E-state index is 0.519. The normalized spacial score (nSPS) is 10.6. The summed E-state index contributed by atoms with van der Waals surface area (Å²) in [5, 5.41) is 0. The summed E-state index contributed by atoms with van der Waals surface area (Å²) >= 11 is 0. The van der Waals surface area contributed by atoms with Crippen LogP contribution in [-0.4, -0.2) is 0 Å². The van der Waals surface area contributed by atoms with Gasteiger partial charge in [-0.3, -0.25) is 0 Å². The molecule has 156 valence electrons. The molecule has 0 aliphatic rings. The van der Waals surface area contributed by atoms with Crippen LogP contribution in [0.5, 0.6) is 11.5 Å². The summed E-state index contributed by atoms with van der Waals surface area (Å²) < 4.78 is 17.9. The van der Waals surface area contributed by atoms with E-state index in [1.807, 2.05) is 84.9 Å². The highest BCUT2D eigenvalue weighted by molar-refractivity contribution is 5.29. The summed E-state index contributed by atoms with van der Waals surface area (Å²) in [6.07, 6.45) is 0. The average molecular weight is 411 g/mol. The molecule has 4 rings (SSSR count). The maximum atomic E-state index is 6.08. The smallest absolute Gasteiger partial charge is 0.119 e. The van der Waals surface area contributed by atoms with E-state index in [-0.39, 0.29) is 0 Å². The van der Waals surface area contributed by atoms with Crippen LogP contribution in [0, 0.1) is 0 Å². The maximum absolute atomic E-state index is 6.08. The quantitative estimate of drug-likeness (QED) is 0.296. The Morgan fingerprint density at radius 2 is 0.677 bits per heavy atom. The molecule has 0 aliphatic carbocycles. The summed E-state index contributed by atoms with van der Waals surface area (Å²) in [6.45, 7) is 2.10. The van der Waals surface area contributed by atoms with Crippen molar-refractivity contribution in [3.63, 3.8) is 0 Å². The molecule has 31 heavy (non-hydrogen) atoms. The lowest BCUT2D eigenvalue weighted by atomic mass is 10.1. The highest BCUT2D eigenvalue weighted by atomic mass is 16.5. The van der Waals surface area contributed by atoms with Crippen LogP contribution in [-0.2, 0) is 31.2 Å². The topological polar surface area (TPSA) is 27.7 Å². The van der Waals surface area contributed by atoms with Crippen LogP contribution in [0.25, 0.3) is 0 Å². The number of hydrogen-bond donors (Lipinski definition) is 0. The Kier molecular flexibility index (Phi) is 7.35. The summed E-state index contributed by atoms with van der Waals surface area (Å²) in [6, 6.07) is 36.2. The molecule has 4 aromatic rings. The summed E-state index contributed by atoms with van der Waals surface area (Å²) in [7, 11) is 0. The molecule has 3 heteroatoms. The second-order valence-corrected chi connectivity index (χ2v) is 7.23. The van der Waals surface area contributed by atoms with Crippen molar-refractivity contribution in [3.8, 4) is 11.5 Å². The third-order valence-electron chi connectivity index (χ3n) is 5.03. The Morgan fingerprint density at radius 3 is 1.06 bits per heavy atom. The molecule has 0 saturated heterocycles. The first kappa shape index (κ1) is 20.7. The Labute approximate surface area is 183 Å². The zero-order valence-electron chi connectivity index (χ0n) is 17.4. The van der Waals surface area contributed by atoms with Gasteiger partial charge in [-0.1, -0.05) is 84.9 Å². The zero-order valence-corrected chi connectivity index (χ0v) is 17.4. The Morgan fingerprint density at radius 1 is 0.355 bits per heavy atom. The van der Waals surface area contributed by atoms with Crippen LogP contribution in [0.2, 0.25) is 0 Å². The van der Waals surface area contributed by atoms with E-state index in [0.29, 0.717) is 26.4 Å². The fourth-order valence-corrected chi connectivity index (χ4v) is 3.30. The first-order valence-electron chi connectivity index (χ1n) is 10.5. The van der Waals surface area contributed by atoms with Crippen LogP contribution < -0.4 is 9.47 Å². The monoisotopic (exact) mass is 410 g/mol. The molecule has 0 unspecified atom stereocenters. The molecular formula is C28H26O3. The van der Waals surface area contributed by atoms with Gasteiger partial charge in [0.25, 0.3) is 0 Å². The maximum Gasteiger partial charge on any atom is 0.119 e. The Balaban J connectivity index is 1.33. The van der Waals surface area contributed by atoms with Gasteiger partial charge in [0, 0.05) is 0 Å². The van der Waals surface area contributed by atoms with Crippen molar-refractivity contribution in [2.45, 2.75) is 26.4 Å². The molecule has 0 radical (unpaired) electrons. The van der Waals surface area contributed by atoms with E-state index in [9.17, 15) is 0 Å². The lowest BCUT2D eigenvalue weighted by Crippen LogP contribution is -2.04. The molecule has 0 fully saturated rings. The number of rotatable bonds is 10. The van der Waals surface area contributed by atoms with E-state index in [4.69, 9.17) is 14.2 Å². The van der Waals surface area contributed by atoms with Crippen LogP contribution in [0.15, 0.2) is 109 Å². The molecule has 0 aliphatic heterocycles. The molecule has 0 N–H and O–H groups in total. The number of benzene rings is 4. The number of ether oxygens (including phenoxy) is 3. The first-order valence-corrected chi connectivity index (χ1v) is 10.5. The van der Waals surface area contributed by atoms with Crippen LogP contribution in [0.3, 0.4) is 0 Å². The minimum atomic E-state index is 0.519. The Hall–Kier alpha value is -3.56. The van der Waals surface area contributed by atoms with Gasteiger partial charge in [0.2, 0.25) is 0 Å². The van der Waals surface area contributed by atoms with Gasteiger partial charge in [-0.25, -0.2) is 0 Å². The second-order valence-electron chi connectivity index (χ2n) is 7.23. The van der Waals surface area contributed by atoms with E-state index >= 15 is 0 Å². The fourth-order valence-electron chi connectivity index (χ4n) is 3.30. The molecule has 3 nitrogen and oxygen atoms in total. The van der Waals surface area contributed by atoms with E-state index in [0.717, 1.165) is 33.8 Å². The molecule has 0 heterocycles. The van der Waals surface area contributed by atoms with Gasteiger partial charge in [0.15, 0.2) is 0 Å². The van der Waals surface area contributed by atoms with E-state index < -0.39 is 0 Å². The van der Waals surface area contributed by atoms with Gasteiger partial charge >= 0.3 is 0 Å². The largest absolute Gasteiger partial charge is 0.489 e. The predicted octanol–water partition coefficient (Wildman–Crippen LogP) is 6.56. The SMILES string of the molecule is c1ccc(OCc2ccccc2COCc2ccccc2COc2ccccc2)cc1. The van der Waals surface area contributed by atoms with Crippen molar-refractivity contribution in [1.82, 2.24) is 0 Å². The molecular weight excluding hydrogens is 384 g/mol. The van der Waals surface area contributed by atoms with Gasteiger partial charge in [0.05, 0.1) is 13.2 Å². The molecule has 0 amide bonds. The second kappa shape index (κ2) is 11.0. The van der Waals surface area contributed by atoms with Gasteiger partial charge in [-0.15, -0.1) is 0 Å². The van der Waals surface area contributed by atoms with Crippen molar-refractivity contribution >= 4 is 0 Å². The van der Waals surface area contributed by atoms with Gasteiger partial charge in [-0.2, -0.15) is 0 Å². The van der Waals surface area contributed by atoms with E-state index in [1.165, 1.54) is 0 Å². The van der Waals surface area contributed by atoms with Crippen molar-refractivity contribution in [1.29, 1.82) is 0 Å². The fraction of sp³-hybridized carbons (Fsp3) is 0.143. The van der Waals surface area contributed by atoms with Crippen molar-refractivity contribution in [2.75, 3.05) is 0 Å². The van der Waals surface area contributed by atoms with Gasteiger partial charge < -0.3 is 14.2 Å². The summed E-state index contributed by atoms with van der Waals surface area (Å²) in [5.41, 5.74) is 4.53.